The summed E-state index contributed by atoms with van der Waals surface area (Å²) in [4.78, 5) is 43.8. The molecular weight excluding hydrogens is 386 g/mol. The minimum absolute atomic E-state index is 0.0189. The van der Waals surface area contributed by atoms with Gasteiger partial charge in [-0.25, -0.2) is 0 Å². The lowest BCUT2D eigenvalue weighted by Crippen LogP contribution is -2.54. The molecule has 5 heterocycles. The van der Waals surface area contributed by atoms with Crippen molar-refractivity contribution in [3.05, 3.63) is 68.3 Å². The molecule has 29 heavy (non-hydrogen) atoms. The average Bonchev–Trinajstić information content (AvgIpc) is 3.40. The van der Waals surface area contributed by atoms with E-state index in [0.717, 1.165) is 22.6 Å². The normalized spacial score (nSPS) is 25.2. The van der Waals surface area contributed by atoms with Crippen LogP contribution in [0.15, 0.2) is 46.6 Å². The summed E-state index contributed by atoms with van der Waals surface area (Å²) in [6.45, 7) is 4.21. The van der Waals surface area contributed by atoms with Crippen molar-refractivity contribution >= 4 is 23.2 Å². The van der Waals surface area contributed by atoms with Crippen molar-refractivity contribution in [3.63, 3.8) is 0 Å². The van der Waals surface area contributed by atoms with E-state index in [-0.39, 0.29) is 29.2 Å². The van der Waals surface area contributed by atoms with Crippen LogP contribution < -0.4 is 5.56 Å². The smallest absolute Gasteiger partial charge is 0.264 e. The SMILES string of the molecule is Cc1ccsc1C(=O)N1C[C@@H]2C[C@H](C1)[C@H](C(=O)N1CC=CC1)n1c2cccc1=O. The maximum absolute atomic E-state index is 13.4. The number of fused-ring (bicyclic) bond motifs is 4. The first-order valence-corrected chi connectivity index (χ1v) is 10.9. The van der Waals surface area contributed by atoms with Gasteiger partial charge >= 0.3 is 0 Å². The van der Waals surface area contributed by atoms with Gasteiger partial charge in [0.25, 0.3) is 11.5 Å². The summed E-state index contributed by atoms with van der Waals surface area (Å²) in [6.07, 6.45) is 4.79. The summed E-state index contributed by atoms with van der Waals surface area (Å²) in [5.74, 6) is 0.0360. The molecule has 2 amide bonds. The predicted octanol–water partition coefficient (Wildman–Crippen LogP) is 2.42. The molecule has 0 spiro atoms. The number of carbonyl (C=O) groups is 2. The van der Waals surface area contributed by atoms with Crippen LogP contribution in [0.25, 0.3) is 0 Å². The maximum Gasteiger partial charge on any atom is 0.264 e. The molecule has 2 aromatic rings. The van der Waals surface area contributed by atoms with Gasteiger partial charge in [-0.15, -0.1) is 11.3 Å². The van der Waals surface area contributed by atoms with Crippen molar-refractivity contribution in [2.45, 2.75) is 25.3 Å². The highest BCUT2D eigenvalue weighted by molar-refractivity contribution is 7.12. The van der Waals surface area contributed by atoms with Crippen LogP contribution in [0.1, 0.15) is 39.3 Å². The van der Waals surface area contributed by atoms with E-state index in [2.05, 4.69) is 0 Å². The fourth-order valence-corrected chi connectivity index (χ4v) is 5.89. The summed E-state index contributed by atoms with van der Waals surface area (Å²) in [7, 11) is 0. The lowest BCUT2D eigenvalue weighted by atomic mass is 9.78. The number of pyridine rings is 1. The van der Waals surface area contributed by atoms with Crippen LogP contribution in [0.3, 0.4) is 0 Å². The van der Waals surface area contributed by atoms with Gasteiger partial charge in [0.15, 0.2) is 0 Å². The van der Waals surface area contributed by atoms with Crippen LogP contribution in [0.2, 0.25) is 0 Å². The molecule has 0 saturated carbocycles. The molecule has 0 N–H and O–H groups in total. The number of likely N-dealkylation sites (tertiary alicyclic amines) is 1. The molecule has 3 atom stereocenters. The Morgan fingerprint density at radius 2 is 1.86 bits per heavy atom. The topological polar surface area (TPSA) is 62.6 Å². The molecule has 0 radical (unpaired) electrons. The van der Waals surface area contributed by atoms with Gasteiger partial charge in [-0.2, -0.15) is 0 Å². The minimum Gasteiger partial charge on any atom is -0.337 e. The highest BCUT2D eigenvalue weighted by atomic mass is 32.1. The van der Waals surface area contributed by atoms with Gasteiger partial charge in [0.05, 0.1) is 4.88 Å². The largest absolute Gasteiger partial charge is 0.337 e. The molecule has 3 aliphatic heterocycles. The van der Waals surface area contributed by atoms with E-state index in [1.807, 2.05) is 41.5 Å². The van der Waals surface area contributed by atoms with Crippen LogP contribution in [0.5, 0.6) is 0 Å². The third-order valence-electron chi connectivity index (χ3n) is 6.37. The zero-order valence-corrected chi connectivity index (χ0v) is 17.1. The second kappa shape index (κ2) is 6.99. The Kier molecular flexibility index (Phi) is 4.42. The number of piperidine rings is 1. The Hall–Kier alpha value is -2.67. The molecule has 1 saturated heterocycles. The fraction of sp³-hybridized carbons (Fsp3) is 0.409. The number of aromatic nitrogens is 1. The fourth-order valence-electron chi connectivity index (χ4n) is 5.00. The first kappa shape index (κ1) is 18.4. The van der Waals surface area contributed by atoms with Crippen LogP contribution in [0.4, 0.5) is 0 Å². The third-order valence-corrected chi connectivity index (χ3v) is 7.38. The quantitative estimate of drug-likeness (QED) is 0.716. The molecule has 3 aliphatic rings. The van der Waals surface area contributed by atoms with Crippen molar-refractivity contribution in [1.29, 1.82) is 0 Å². The van der Waals surface area contributed by atoms with Gasteiger partial charge in [-0.1, -0.05) is 18.2 Å². The Morgan fingerprint density at radius 1 is 1.07 bits per heavy atom. The predicted molar refractivity (Wildman–Crippen MR) is 111 cm³/mol. The Labute approximate surface area is 173 Å². The van der Waals surface area contributed by atoms with E-state index in [0.29, 0.717) is 26.2 Å². The number of nitrogens with zero attached hydrogens (tertiary/aromatic N) is 3. The summed E-state index contributed by atoms with van der Waals surface area (Å²) < 4.78 is 1.71. The highest BCUT2D eigenvalue weighted by Gasteiger charge is 2.46. The van der Waals surface area contributed by atoms with Gasteiger partial charge < -0.3 is 9.80 Å². The minimum atomic E-state index is -0.546. The van der Waals surface area contributed by atoms with Gasteiger partial charge in [-0.3, -0.25) is 19.0 Å². The van der Waals surface area contributed by atoms with E-state index in [1.54, 1.807) is 15.5 Å². The summed E-state index contributed by atoms with van der Waals surface area (Å²) in [5, 5.41) is 1.94. The Morgan fingerprint density at radius 3 is 2.59 bits per heavy atom. The van der Waals surface area contributed by atoms with E-state index in [4.69, 9.17) is 0 Å². The molecule has 1 fully saturated rings. The standard InChI is InChI=1S/C22H23N3O3S/c1-14-7-10-29-20(14)22(28)24-12-15-11-16(13-24)19(21(27)23-8-2-3-9-23)25-17(15)5-4-6-18(25)26/h2-7,10,15-16,19H,8-9,11-13H2,1H3/t15-,16+,19+/m0/s1. The lowest BCUT2D eigenvalue weighted by Gasteiger charge is -2.46. The molecule has 0 aromatic carbocycles. The number of hydrogen-bond acceptors (Lipinski definition) is 4. The molecule has 150 valence electrons. The third kappa shape index (κ3) is 2.95. The Bertz CT molecular complexity index is 1060. The van der Waals surface area contributed by atoms with E-state index >= 15 is 0 Å². The summed E-state index contributed by atoms with van der Waals surface area (Å²) >= 11 is 1.47. The molecule has 2 bridgehead atoms. The van der Waals surface area contributed by atoms with Crippen LogP contribution in [0, 0.1) is 12.8 Å². The number of carbonyl (C=O) groups excluding carboxylic acids is 2. The average molecular weight is 410 g/mol. The van der Waals surface area contributed by atoms with Crippen LogP contribution >= 0.6 is 11.3 Å². The molecule has 0 aliphatic carbocycles. The first-order chi connectivity index (χ1) is 14.0. The molecule has 5 rings (SSSR count). The van der Waals surface area contributed by atoms with Crippen molar-refractivity contribution in [2.75, 3.05) is 26.2 Å². The summed E-state index contributed by atoms with van der Waals surface area (Å²) in [5.41, 5.74) is 1.74. The zero-order chi connectivity index (χ0) is 20.1. The van der Waals surface area contributed by atoms with Gasteiger partial charge in [0.2, 0.25) is 5.91 Å². The number of aryl methyl sites for hydroxylation is 1. The van der Waals surface area contributed by atoms with E-state index in [1.165, 1.54) is 17.4 Å². The van der Waals surface area contributed by atoms with Gasteiger partial charge in [-0.05, 0) is 36.4 Å². The molecule has 7 heteroatoms. The van der Waals surface area contributed by atoms with Crippen LogP contribution in [-0.4, -0.2) is 52.4 Å². The van der Waals surface area contributed by atoms with Crippen molar-refractivity contribution < 1.29 is 9.59 Å². The maximum atomic E-state index is 13.4. The lowest BCUT2D eigenvalue weighted by molar-refractivity contribution is -0.136. The van der Waals surface area contributed by atoms with Crippen LogP contribution in [-0.2, 0) is 4.79 Å². The molecule has 6 nitrogen and oxygen atoms in total. The molecule has 2 aromatic heterocycles. The second-order valence-corrected chi connectivity index (χ2v) is 9.07. The van der Waals surface area contributed by atoms with E-state index < -0.39 is 6.04 Å². The number of thiophene rings is 1. The van der Waals surface area contributed by atoms with Crippen molar-refractivity contribution in [1.82, 2.24) is 14.4 Å². The zero-order valence-electron chi connectivity index (χ0n) is 16.3. The molecule has 0 unspecified atom stereocenters. The van der Waals surface area contributed by atoms with E-state index in [9.17, 15) is 14.4 Å². The second-order valence-electron chi connectivity index (χ2n) is 8.15. The van der Waals surface area contributed by atoms with Gasteiger partial charge in [0.1, 0.15) is 6.04 Å². The monoisotopic (exact) mass is 409 g/mol. The Balaban J connectivity index is 1.54. The van der Waals surface area contributed by atoms with Crippen molar-refractivity contribution in [2.24, 2.45) is 5.92 Å². The summed E-state index contributed by atoms with van der Waals surface area (Å²) in [6, 6.07) is 6.65. The molecular formula is C22H23N3O3S. The highest BCUT2D eigenvalue weighted by Crippen LogP contribution is 2.42. The number of rotatable bonds is 2. The van der Waals surface area contributed by atoms with Crippen molar-refractivity contribution in [3.8, 4) is 0 Å². The number of amides is 2. The first-order valence-electron chi connectivity index (χ1n) is 10.0. The van der Waals surface area contributed by atoms with Gasteiger partial charge in [0, 0.05) is 49.8 Å². The number of hydrogen-bond donors (Lipinski definition) is 0.